The summed E-state index contributed by atoms with van der Waals surface area (Å²) in [5, 5.41) is 6.71. The van der Waals surface area contributed by atoms with Crippen molar-refractivity contribution in [3.63, 3.8) is 0 Å². The van der Waals surface area contributed by atoms with Crippen molar-refractivity contribution in [2.45, 2.75) is 12.8 Å². The standard InChI is InChI=1S/C13H19FN2OS/c1-17-10-4-8-15-13(18)16-9-7-11-5-2-3-6-12(11)14/h2-3,5-6H,4,7-10H2,1H3,(H2,15,16,18). The molecule has 0 fully saturated rings. The van der Waals surface area contributed by atoms with E-state index in [4.69, 9.17) is 17.0 Å². The highest BCUT2D eigenvalue weighted by Crippen LogP contribution is 2.05. The molecule has 1 rings (SSSR count). The van der Waals surface area contributed by atoms with Gasteiger partial charge in [0, 0.05) is 26.8 Å². The molecule has 1 aromatic carbocycles. The SMILES string of the molecule is COCCCNC(=S)NCCc1ccccc1F. The maximum Gasteiger partial charge on any atom is 0.166 e. The highest BCUT2D eigenvalue weighted by atomic mass is 32.1. The van der Waals surface area contributed by atoms with E-state index in [-0.39, 0.29) is 5.82 Å². The van der Waals surface area contributed by atoms with Crippen molar-refractivity contribution >= 4 is 17.3 Å². The van der Waals surface area contributed by atoms with E-state index in [2.05, 4.69) is 10.6 Å². The molecule has 0 aliphatic rings. The number of methoxy groups -OCH3 is 1. The molecule has 18 heavy (non-hydrogen) atoms. The second kappa shape index (κ2) is 8.83. The third-order valence-electron chi connectivity index (χ3n) is 2.45. The summed E-state index contributed by atoms with van der Waals surface area (Å²) in [7, 11) is 1.67. The lowest BCUT2D eigenvalue weighted by atomic mass is 10.1. The van der Waals surface area contributed by atoms with Crippen molar-refractivity contribution in [3.05, 3.63) is 35.6 Å². The molecule has 100 valence electrons. The summed E-state index contributed by atoms with van der Waals surface area (Å²) in [6.07, 6.45) is 1.53. The van der Waals surface area contributed by atoms with Crippen LogP contribution in [0, 0.1) is 5.82 Å². The van der Waals surface area contributed by atoms with Crippen LogP contribution in [0.15, 0.2) is 24.3 Å². The average Bonchev–Trinajstić information content (AvgIpc) is 2.37. The predicted octanol–water partition coefficient (Wildman–Crippen LogP) is 1.87. The van der Waals surface area contributed by atoms with Crippen molar-refractivity contribution in [1.82, 2.24) is 10.6 Å². The highest BCUT2D eigenvalue weighted by Gasteiger charge is 2.00. The largest absolute Gasteiger partial charge is 0.385 e. The number of halogens is 1. The van der Waals surface area contributed by atoms with Crippen molar-refractivity contribution in [1.29, 1.82) is 0 Å². The first kappa shape index (κ1) is 14.9. The van der Waals surface area contributed by atoms with E-state index in [0.29, 0.717) is 30.2 Å². The molecule has 0 amide bonds. The molecule has 0 radical (unpaired) electrons. The van der Waals surface area contributed by atoms with Gasteiger partial charge in [0.2, 0.25) is 0 Å². The van der Waals surface area contributed by atoms with E-state index in [1.165, 1.54) is 6.07 Å². The van der Waals surface area contributed by atoms with Crippen LogP contribution in [0.3, 0.4) is 0 Å². The van der Waals surface area contributed by atoms with Crippen LogP contribution in [0.25, 0.3) is 0 Å². The Balaban J connectivity index is 2.14. The molecule has 0 spiro atoms. The number of hydrogen-bond donors (Lipinski definition) is 2. The minimum atomic E-state index is -0.168. The number of ether oxygens (including phenoxy) is 1. The van der Waals surface area contributed by atoms with Crippen molar-refractivity contribution in [2.75, 3.05) is 26.8 Å². The number of rotatable bonds is 7. The Hall–Kier alpha value is -1.20. The first-order chi connectivity index (χ1) is 8.74. The minimum Gasteiger partial charge on any atom is -0.385 e. The van der Waals surface area contributed by atoms with Crippen molar-refractivity contribution in [2.24, 2.45) is 0 Å². The van der Waals surface area contributed by atoms with Gasteiger partial charge in [-0.3, -0.25) is 0 Å². The quantitative estimate of drug-likeness (QED) is 0.585. The molecule has 3 nitrogen and oxygen atoms in total. The van der Waals surface area contributed by atoms with E-state index in [1.807, 2.05) is 6.07 Å². The van der Waals surface area contributed by atoms with Gasteiger partial charge in [0.1, 0.15) is 5.82 Å². The summed E-state index contributed by atoms with van der Waals surface area (Å²) in [5.74, 6) is -0.168. The van der Waals surface area contributed by atoms with Crippen molar-refractivity contribution in [3.8, 4) is 0 Å². The highest BCUT2D eigenvalue weighted by molar-refractivity contribution is 7.80. The Bertz CT molecular complexity index is 374. The first-order valence-electron chi connectivity index (χ1n) is 5.98. The first-order valence-corrected chi connectivity index (χ1v) is 6.39. The molecule has 0 saturated heterocycles. The molecule has 0 heterocycles. The summed E-state index contributed by atoms with van der Waals surface area (Å²) in [6.45, 7) is 2.11. The lowest BCUT2D eigenvalue weighted by Crippen LogP contribution is -2.37. The van der Waals surface area contributed by atoms with Gasteiger partial charge in [-0.15, -0.1) is 0 Å². The van der Waals surface area contributed by atoms with Crippen LogP contribution < -0.4 is 10.6 Å². The lowest BCUT2D eigenvalue weighted by Gasteiger charge is -2.10. The van der Waals surface area contributed by atoms with Gasteiger partial charge in [0.05, 0.1) is 0 Å². The van der Waals surface area contributed by atoms with Crippen LogP contribution in [-0.2, 0) is 11.2 Å². The van der Waals surface area contributed by atoms with E-state index in [1.54, 1.807) is 19.2 Å². The van der Waals surface area contributed by atoms with Gasteiger partial charge < -0.3 is 15.4 Å². The summed E-state index contributed by atoms with van der Waals surface area (Å²) in [6, 6.07) is 6.77. The molecule has 0 aliphatic carbocycles. The van der Waals surface area contributed by atoms with Gasteiger partial charge in [0.25, 0.3) is 0 Å². The zero-order valence-electron chi connectivity index (χ0n) is 10.5. The van der Waals surface area contributed by atoms with Gasteiger partial charge in [-0.05, 0) is 36.7 Å². The fraction of sp³-hybridized carbons (Fsp3) is 0.462. The van der Waals surface area contributed by atoms with Gasteiger partial charge in [0.15, 0.2) is 5.11 Å². The Morgan fingerprint density at radius 3 is 2.72 bits per heavy atom. The summed E-state index contributed by atoms with van der Waals surface area (Å²) in [4.78, 5) is 0. The normalized spacial score (nSPS) is 10.1. The Morgan fingerprint density at radius 1 is 1.28 bits per heavy atom. The van der Waals surface area contributed by atoms with Crippen LogP contribution >= 0.6 is 12.2 Å². The fourth-order valence-corrected chi connectivity index (χ4v) is 1.70. The second-order valence-electron chi connectivity index (χ2n) is 3.87. The smallest absolute Gasteiger partial charge is 0.166 e. The van der Waals surface area contributed by atoms with E-state index >= 15 is 0 Å². The third kappa shape index (κ3) is 5.93. The molecule has 0 bridgehead atoms. The summed E-state index contributed by atoms with van der Waals surface area (Å²) in [5.41, 5.74) is 0.701. The van der Waals surface area contributed by atoms with Crippen LogP contribution in [0.5, 0.6) is 0 Å². The van der Waals surface area contributed by atoms with Crippen LogP contribution in [0.4, 0.5) is 4.39 Å². The fourth-order valence-electron chi connectivity index (χ4n) is 1.49. The molecule has 0 atom stereocenters. The number of hydrogen-bond acceptors (Lipinski definition) is 2. The zero-order valence-corrected chi connectivity index (χ0v) is 11.4. The molecular weight excluding hydrogens is 251 g/mol. The van der Waals surface area contributed by atoms with Gasteiger partial charge in [-0.2, -0.15) is 0 Å². The molecule has 0 aliphatic heterocycles. The molecule has 5 heteroatoms. The number of nitrogens with one attached hydrogen (secondary N) is 2. The number of thiocarbonyl (C=S) groups is 1. The predicted molar refractivity (Wildman–Crippen MR) is 75.2 cm³/mol. The maximum atomic E-state index is 13.3. The van der Waals surface area contributed by atoms with Gasteiger partial charge >= 0.3 is 0 Å². The zero-order chi connectivity index (χ0) is 13.2. The van der Waals surface area contributed by atoms with Crippen LogP contribution in [-0.4, -0.2) is 31.9 Å². The van der Waals surface area contributed by atoms with Crippen LogP contribution in [0.2, 0.25) is 0 Å². The second-order valence-corrected chi connectivity index (χ2v) is 4.28. The van der Waals surface area contributed by atoms with E-state index < -0.39 is 0 Å². The molecule has 0 unspecified atom stereocenters. The Labute approximate surface area is 113 Å². The molecular formula is C13H19FN2OS. The Morgan fingerprint density at radius 2 is 2.00 bits per heavy atom. The molecule has 0 aromatic heterocycles. The van der Waals surface area contributed by atoms with Gasteiger partial charge in [-0.1, -0.05) is 18.2 Å². The van der Waals surface area contributed by atoms with Crippen molar-refractivity contribution < 1.29 is 9.13 Å². The van der Waals surface area contributed by atoms with Crippen LogP contribution in [0.1, 0.15) is 12.0 Å². The van der Waals surface area contributed by atoms with E-state index in [0.717, 1.165) is 13.0 Å². The monoisotopic (exact) mass is 270 g/mol. The summed E-state index contributed by atoms with van der Waals surface area (Å²) < 4.78 is 18.2. The van der Waals surface area contributed by atoms with E-state index in [9.17, 15) is 4.39 Å². The third-order valence-corrected chi connectivity index (χ3v) is 2.74. The molecule has 0 saturated carbocycles. The Kier molecular flexibility index (Phi) is 7.29. The molecule has 2 N–H and O–H groups in total. The average molecular weight is 270 g/mol. The molecule has 1 aromatic rings. The number of benzene rings is 1. The van der Waals surface area contributed by atoms with Gasteiger partial charge in [-0.25, -0.2) is 4.39 Å². The topological polar surface area (TPSA) is 33.3 Å². The lowest BCUT2D eigenvalue weighted by molar-refractivity contribution is 0.195. The minimum absolute atomic E-state index is 0.168. The maximum absolute atomic E-state index is 13.3. The summed E-state index contributed by atoms with van der Waals surface area (Å²) >= 11 is 5.10.